The second-order valence-corrected chi connectivity index (χ2v) is 7.29. The first-order valence-electron chi connectivity index (χ1n) is 7.55. The van der Waals surface area contributed by atoms with E-state index < -0.39 is 5.60 Å². The Hall–Kier alpha value is -2.18. The minimum atomic E-state index is -0.647. The number of rotatable bonds is 3. The van der Waals surface area contributed by atoms with E-state index in [2.05, 4.69) is 15.3 Å². The number of aromatic amines is 1. The van der Waals surface area contributed by atoms with Gasteiger partial charge in [-0.2, -0.15) is 0 Å². The van der Waals surface area contributed by atoms with E-state index in [9.17, 15) is 9.90 Å². The van der Waals surface area contributed by atoms with Gasteiger partial charge in [-0.1, -0.05) is 0 Å². The largest absolute Gasteiger partial charge is 0.390 e. The van der Waals surface area contributed by atoms with Crippen LogP contribution in [0.15, 0.2) is 36.1 Å². The molecule has 3 aromatic rings. The number of hydrogen-bond donors (Lipinski definition) is 3. The highest BCUT2D eigenvalue weighted by molar-refractivity contribution is 7.13. The predicted octanol–water partition coefficient (Wildman–Crippen LogP) is 2.93. The average Bonchev–Trinajstić information content (AvgIpc) is 3.15. The van der Waals surface area contributed by atoms with Gasteiger partial charge in [-0.05, 0) is 43.5 Å². The van der Waals surface area contributed by atoms with Crippen molar-refractivity contribution in [2.45, 2.75) is 31.4 Å². The molecule has 0 aliphatic heterocycles. The Bertz CT molecular complexity index is 859. The summed E-state index contributed by atoms with van der Waals surface area (Å²) >= 11 is 1.55. The van der Waals surface area contributed by atoms with Crippen LogP contribution in [0.25, 0.3) is 21.3 Å². The molecule has 5 nitrogen and oxygen atoms in total. The van der Waals surface area contributed by atoms with Crippen LogP contribution in [0, 0.1) is 0 Å². The maximum Gasteiger partial charge on any atom is 0.252 e. The van der Waals surface area contributed by atoms with Crippen molar-refractivity contribution in [3.63, 3.8) is 0 Å². The number of carbonyl (C=O) groups is 1. The SMILES string of the molecule is CC1(O)CC(NC(=O)c2cc(-c3cncs3)cc3[nH]ccc23)C1. The topological polar surface area (TPSA) is 78.0 Å². The van der Waals surface area contributed by atoms with Crippen molar-refractivity contribution in [3.05, 3.63) is 41.7 Å². The first-order valence-corrected chi connectivity index (χ1v) is 8.43. The van der Waals surface area contributed by atoms with Crippen molar-refractivity contribution >= 4 is 28.1 Å². The smallest absolute Gasteiger partial charge is 0.252 e. The lowest BCUT2D eigenvalue weighted by molar-refractivity contribution is -0.0366. The van der Waals surface area contributed by atoms with E-state index in [1.54, 1.807) is 30.0 Å². The molecule has 0 unspecified atom stereocenters. The molecule has 118 valence electrons. The summed E-state index contributed by atoms with van der Waals surface area (Å²) in [7, 11) is 0. The van der Waals surface area contributed by atoms with Crippen LogP contribution >= 0.6 is 11.3 Å². The molecule has 0 radical (unpaired) electrons. The van der Waals surface area contributed by atoms with Gasteiger partial charge in [-0.3, -0.25) is 9.78 Å². The summed E-state index contributed by atoms with van der Waals surface area (Å²) in [5.74, 6) is -0.0959. The van der Waals surface area contributed by atoms with E-state index in [0.717, 1.165) is 21.3 Å². The van der Waals surface area contributed by atoms with Crippen LogP contribution in [0.3, 0.4) is 0 Å². The molecule has 2 aromatic heterocycles. The van der Waals surface area contributed by atoms with Gasteiger partial charge in [0.2, 0.25) is 0 Å². The number of H-pyrrole nitrogens is 1. The second kappa shape index (κ2) is 5.18. The Morgan fingerprint density at radius 3 is 3.00 bits per heavy atom. The minimum absolute atomic E-state index is 0.0403. The highest BCUT2D eigenvalue weighted by Crippen LogP contribution is 2.33. The number of thiazole rings is 1. The molecule has 1 aliphatic carbocycles. The molecule has 2 heterocycles. The normalized spacial score (nSPS) is 23.7. The van der Waals surface area contributed by atoms with E-state index in [1.807, 2.05) is 24.4 Å². The Labute approximate surface area is 137 Å². The predicted molar refractivity (Wildman–Crippen MR) is 90.5 cm³/mol. The van der Waals surface area contributed by atoms with Crippen LogP contribution in [0.4, 0.5) is 0 Å². The van der Waals surface area contributed by atoms with Gasteiger partial charge in [0.1, 0.15) is 0 Å². The third kappa shape index (κ3) is 2.64. The zero-order valence-corrected chi connectivity index (χ0v) is 13.5. The highest BCUT2D eigenvalue weighted by Gasteiger charge is 2.39. The lowest BCUT2D eigenvalue weighted by atomic mass is 9.77. The monoisotopic (exact) mass is 327 g/mol. The first-order chi connectivity index (χ1) is 11.0. The summed E-state index contributed by atoms with van der Waals surface area (Å²) in [4.78, 5) is 21.0. The quantitative estimate of drug-likeness (QED) is 0.692. The molecule has 1 saturated carbocycles. The van der Waals surface area contributed by atoms with Gasteiger partial charge in [-0.25, -0.2) is 0 Å². The number of aliphatic hydroxyl groups is 1. The number of amides is 1. The van der Waals surface area contributed by atoms with Gasteiger partial charge < -0.3 is 15.4 Å². The zero-order chi connectivity index (χ0) is 16.0. The molecule has 1 amide bonds. The number of carbonyl (C=O) groups excluding carboxylic acids is 1. The second-order valence-electron chi connectivity index (χ2n) is 6.40. The fourth-order valence-electron chi connectivity index (χ4n) is 3.22. The number of aromatic nitrogens is 2. The fourth-order valence-corrected chi connectivity index (χ4v) is 3.83. The number of hydrogen-bond acceptors (Lipinski definition) is 4. The van der Waals surface area contributed by atoms with Crippen molar-refractivity contribution in [2.24, 2.45) is 0 Å². The van der Waals surface area contributed by atoms with Crippen LogP contribution in [-0.4, -0.2) is 32.6 Å². The molecule has 0 atom stereocenters. The summed E-state index contributed by atoms with van der Waals surface area (Å²) < 4.78 is 0. The Kier molecular flexibility index (Phi) is 3.25. The Balaban J connectivity index is 1.68. The summed E-state index contributed by atoms with van der Waals surface area (Å²) in [6, 6.07) is 5.90. The lowest BCUT2D eigenvalue weighted by Crippen LogP contribution is -2.53. The molecule has 0 bridgehead atoms. The number of benzene rings is 1. The summed E-state index contributed by atoms with van der Waals surface area (Å²) in [6.07, 6.45) is 4.85. The van der Waals surface area contributed by atoms with Gasteiger partial charge in [0, 0.05) is 34.9 Å². The molecule has 23 heavy (non-hydrogen) atoms. The maximum absolute atomic E-state index is 12.7. The molecule has 1 aliphatic rings. The zero-order valence-electron chi connectivity index (χ0n) is 12.7. The molecular weight excluding hydrogens is 310 g/mol. The van der Waals surface area contributed by atoms with Gasteiger partial charge in [0.15, 0.2) is 0 Å². The van der Waals surface area contributed by atoms with E-state index in [-0.39, 0.29) is 11.9 Å². The molecule has 4 rings (SSSR count). The van der Waals surface area contributed by atoms with Crippen molar-refractivity contribution in [1.82, 2.24) is 15.3 Å². The number of nitrogens with zero attached hydrogens (tertiary/aromatic N) is 1. The summed E-state index contributed by atoms with van der Waals surface area (Å²) in [5, 5.41) is 13.7. The average molecular weight is 327 g/mol. The van der Waals surface area contributed by atoms with Crippen LogP contribution in [0.1, 0.15) is 30.1 Å². The Morgan fingerprint density at radius 2 is 2.30 bits per heavy atom. The van der Waals surface area contributed by atoms with Crippen LogP contribution in [0.5, 0.6) is 0 Å². The van der Waals surface area contributed by atoms with Crippen molar-refractivity contribution in [1.29, 1.82) is 0 Å². The maximum atomic E-state index is 12.7. The first kappa shape index (κ1) is 14.4. The van der Waals surface area contributed by atoms with Crippen molar-refractivity contribution in [3.8, 4) is 10.4 Å². The Morgan fingerprint density at radius 1 is 1.48 bits per heavy atom. The molecular formula is C17H17N3O2S. The molecule has 1 fully saturated rings. The summed E-state index contributed by atoms with van der Waals surface area (Å²) in [6.45, 7) is 1.80. The molecule has 0 spiro atoms. The molecule has 3 N–H and O–H groups in total. The third-order valence-corrected chi connectivity index (χ3v) is 5.16. The van der Waals surface area contributed by atoms with Crippen molar-refractivity contribution in [2.75, 3.05) is 0 Å². The van der Waals surface area contributed by atoms with Gasteiger partial charge >= 0.3 is 0 Å². The van der Waals surface area contributed by atoms with Gasteiger partial charge in [0.05, 0.1) is 16.0 Å². The third-order valence-electron chi connectivity index (χ3n) is 4.34. The fraction of sp³-hybridized carbons (Fsp3) is 0.294. The van der Waals surface area contributed by atoms with Crippen LogP contribution in [-0.2, 0) is 0 Å². The number of fused-ring (bicyclic) bond motifs is 1. The van der Waals surface area contributed by atoms with E-state index >= 15 is 0 Å². The van der Waals surface area contributed by atoms with E-state index in [1.165, 1.54) is 0 Å². The lowest BCUT2D eigenvalue weighted by Gasteiger charge is -2.41. The summed E-state index contributed by atoms with van der Waals surface area (Å²) in [5.41, 5.74) is 3.70. The van der Waals surface area contributed by atoms with Gasteiger partial charge in [0.25, 0.3) is 5.91 Å². The molecule has 6 heteroatoms. The minimum Gasteiger partial charge on any atom is -0.390 e. The van der Waals surface area contributed by atoms with Crippen LogP contribution in [0.2, 0.25) is 0 Å². The molecule has 0 saturated heterocycles. The van der Waals surface area contributed by atoms with Gasteiger partial charge in [-0.15, -0.1) is 11.3 Å². The number of nitrogens with one attached hydrogen (secondary N) is 2. The standard InChI is InChI=1S/C17H17N3O2S/c1-17(22)6-11(7-17)20-16(21)13-4-10(15-8-18-9-23-15)5-14-12(13)2-3-19-14/h2-5,8-9,11,19,22H,6-7H2,1H3,(H,20,21). The molecule has 1 aromatic carbocycles. The van der Waals surface area contributed by atoms with Crippen molar-refractivity contribution < 1.29 is 9.90 Å². The van der Waals surface area contributed by atoms with E-state index in [4.69, 9.17) is 0 Å². The highest BCUT2D eigenvalue weighted by atomic mass is 32.1. The van der Waals surface area contributed by atoms with Crippen LogP contribution < -0.4 is 5.32 Å². The van der Waals surface area contributed by atoms with E-state index in [0.29, 0.717) is 18.4 Å².